The molecule has 7 heteroatoms. The molecule has 1 aromatic heterocycles. The SMILES string of the molecule is CC1CC(C)CN(S(=O)(=O)c2cccc(-c3csc(=Nc4ccccc4)n3C3CCCCC3)c2)C1. The maximum absolute atomic E-state index is 13.6. The highest BCUT2D eigenvalue weighted by molar-refractivity contribution is 7.89. The highest BCUT2D eigenvalue weighted by Gasteiger charge is 2.32. The Kier molecular flexibility index (Phi) is 7.28. The minimum Gasteiger partial charge on any atom is -0.313 e. The Morgan fingerprint density at radius 3 is 2.34 bits per heavy atom. The van der Waals surface area contributed by atoms with Crippen molar-refractivity contribution in [3.05, 3.63) is 64.8 Å². The first-order valence-corrected chi connectivity index (χ1v) is 15.1. The third kappa shape index (κ3) is 5.32. The standard InChI is InChI=1S/C28H35N3O2S2/c1-21-16-22(2)19-30(18-21)35(32,33)26-15-9-10-23(17-26)27-20-34-28(29-24-11-5-3-6-12-24)31(27)25-13-7-4-8-14-25/h3,5-6,9-12,15,17,20-22,25H,4,7-8,13-14,16,18-19H2,1-2H3. The Hall–Kier alpha value is -2.22. The van der Waals surface area contributed by atoms with E-state index in [4.69, 9.17) is 4.99 Å². The molecule has 0 radical (unpaired) electrons. The number of benzene rings is 2. The Balaban J connectivity index is 1.56. The lowest BCUT2D eigenvalue weighted by Crippen LogP contribution is -2.42. The van der Waals surface area contributed by atoms with Gasteiger partial charge in [0.1, 0.15) is 0 Å². The van der Waals surface area contributed by atoms with Gasteiger partial charge < -0.3 is 4.57 Å². The van der Waals surface area contributed by atoms with Crippen LogP contribution in [0.25, 0.3) is 11.3 Å². The number of piperidine rings is 1. The van der Waals surface area contributed by atoms with Crippen molar-refractivity contribution in [2.45, 2.75) is 63.3 Å². The van der Waals surface area contributed by atoms with E-state index < -0.39 is 10.0 Å². The van der Waals surface area contributed by atoms with E-state index in [1.807, 2.05) is 48.5 Å². The van der Waals surface area contributed by atoms with Crippen LogP contribution in [0.1, 0.15) is 58.4 Å². The molecule has 0 bridgehead atoms. The second-order valence-corrected chi connectivity index (χ2v) is 13.1. The molecule has 3 aromatic rings. The van der Waals surface area contributed by atoms with Crippen LogP contribution in [-0.2, 0) is 10.0 Å². The normalized spacial score (nSPS) is 23.0. The van der Waals surface area contributed by atoms with Crippen molar-refractivity contribution < 1.29 is 8.42 Å². The molecule has 0 N–H and O–H groups in total. The van der Waals surface area contributed by atoms with Crippen molar-refractivity contribution in [3.8, 4) is 11.3 Å². The Morgan fingerprint density at radius 2 is 1.63 bits per heavy atom. The van der Waals surface area contributed by atoms with Crippen LogP contribution < -0.4 is 4.80 Å². The van der Waals surface area contributed by atoms with Gasteiger partial charge in [-0.3, -0.25) is 0 Å². The molecule has 2 fully saturated rings. The summed E-state index contributed by atoms with van der Waals surface area (Å²) in [4.78, 5) is 6.34. The van der Waals surface area contributed by atoms with E-state index in [1.54, 1.807) is 21.7 Å². The number of rotatable bonds is 5. The molecule has 1 aliphatic carbocycles. The molecule has 2 unspecified atom stereocenters. The summed E-state index contributed by atoms with van der Waals surface area (Å²) < 4.78 is 31.2. The fourth-order valence-electron chi connectivity index (χ4n) is 5.68. The van der Waals surface area contributed by atoms with Crippen molar-refractivity contribution in [1.82, 2.24) is 8.87 Å². The van der Waals surface area contributed by atoms with Gasteiger partial charge in [-0.25, -0.2) is 13.4 Å². The van der Waals surface area contributed by atoms with Crippen LogP contribution in [0.15, 0.2) is 69.9 Å². The Morgan fingerprint density at radius 1 is 0.914 bits per heavy atom. The van der Waals surface area contributed by atoms with Gasteiger partial charge >= 0.3 is 0 Å². The number of sulfonamides is 1. The van der Waals surface area contributed by atoms with Gasteiger partial charge in [-0.2, -0.15) is 4.31 Å². The maximum atomic E-state index is 13.6. The lowest BCUT2D eigenvalue weighted by molar-refractivity contribution is 0.222. The zero-order valence-electron chi connectivity index (χ0n) is 20.6. The van der Waals surface area contributed by atoms with E-state index in [9.17, 15) is 8.42 Å². The highest BCUT2D eigenvalue weighted by Crippen LogP contribution is 2.34. The van der Waals surface area contributed by atoms with E-state index in [-0.39, 0.29) is 0 Å². The predicted molar refractivity (Wildman–Crippen MR) is 143 cm³/mol. The van der Waals surface area contributed by atoms with Crippen LogP contribution in [0.2, 0.25) is 0 Å². The summed E-state index contributed by atoms with van der Waals surface area (Å²) in [6.45, 7) is 5.48. The molecule has 186 valence electrons. The molecular weight excluding hydrogens is 474 g/mol. The molecule has 2 aliphatic rings. The average Bonchev–Trinajstić information content (AvgIpc) is 3.28. The molecule has 35 heavy (non-hydrogen) atoms. The smallest absolute Gasteiger partial charge is 0.243 e. The van der Waals surface area contributed by atoms with Crippen LogP contribution in [0.5, 0.6) is 0 Å². The van der Waals surface area contributed by atoms with E-state index >= 15 is 0 Å². The van der Waals surface area contributed by atoms with E-state index in [0.29, 0.717) is 35.9 Å². The average molecular weight is 510 g/mol. The molecule has 2 aromatic carbocycles. The molecule has 5 nitrogen and oxygen atoms in total. The summed E-state index contributed by atoms with van der Waals surface area (Å²) >= 11 is 1.64. The van der Waals surface area contributed by atoms with Gasteiger partial charge in [0, 0.05) is 30.1 Å². The first-order valence-electron chi connectivity index (χ1n) is 12.8. The minimum atomic E-state index is -3.53. The van der Waals surface area contributed by atoms with Crippen LogP contribution in [0.4, 0.5) is 5.69 Å². The molecule has 1 aliphatic heterocycles. The predicted octanol–water partition coefficient (Wildman–Crippen LogP) is 6.62. The lowest BCUT2D eigenvalue weighted by Gasteiger charge is -2.34. The number of hydrogen-bond donors (Lipinski definition) is 0. The monoisotopic (exact) mass is 509 g/mol. The van der Waals surface area contributed by atoms with E-state index in [2.05, 4.69) is 23.8 Å². The Bertz CT molecular complexity index is 1310. The third-order valence-electron chi connectivity index (χ3n) is 7.27. The number of nitrogens with zero attached hydrogens (tertiary/aromatic N) is 3. The van der Waals surface area contributed by atoms with E-state index in [0.717, 1.165) is 41.0 Å². The number of aromatic nitrogens is 1. The van der Waals surface area contributed by atoms with Crippen LogP contribution in [0.3, 0.4) is 0 Å². The van der Waals surface area contributed by atoms with Crippen molar-refractivity contribution >= 4 is 27.0 Å². The van der Waals surface area contributed by atoms with Crippen molar-refractivity contribution in [1.29, 1.82) is 0 Å². The van der Waals surface area contributed by atoms with Gasteiger partial charge in [-0.1, -0.05) is 63.4 Å². The zero-order valence-corrected chi connectivity index (χ0v) is 22.3. The van der Waals surface area contributed by atoms with E-state index in [1.165, 1.54) is 19.3 Å². The summed E-state index contributed by atoms with van der Waals surface area (Å²) in [5, 5.41) is 2.15. The fourth-order valence-corrected chi connectivity index (χ4v) is 8.40. The first kappa shape index (κ1) is 24.5. The summed E-state index contributed by atoms with van der Waals surface area (Å²) in [5.74, 6) is 0.758. The molecular formula is C28H35N3O2S2. The summed E-state index contributed by atoms with van der Waals surface area (Å²) in [5.41, 5.74) is 2.95. The van der Waals surface area contributed by atoms with Gasteiger partial charge in [0.2, 0.25) is 10.0 Å². The second-order valence-electron chi connectivity index (χ2n) is 10.3. The van der Waals surface area contributed by atoms with Crippen LogP contribution in [-0.4, -0.2) is 30.4 Å². The lowest BCUT2D eigenvalue weighted by atomic mass is 9.94. The summed E-state index contributed by atoms with van der Waals surface area (Å²) in [7, 11) is -3.53. The molecule has 1 saturated heterocycles. The molecule has 2 atom stereocenters. The number of thiazole rings is 1. The molecule has 2 heterocycles. The maximum Gasteiger partial charge on any atom is 0.243 e. The van der Waals surface area contributed by atoms with Gasteiger partial charge in [0.05, 0.1) is 16.3 Å². The van der Waals surface area contributed by atoms with Crippen molar-refractivity contribution in [3.63, 3.8) is 0 Å². The Labute approximate surface area is 213 Å². The van der Waals surface area contributed by atoms with Crippen molar-refractivity contribution in [2.24, 2.45) is 16.8 Å². The van der Waals surface area contributed by atoms with Crippen molar-refractivity contribution in [2.75, 3.05) is 13.1 Å². The fraction of sp³-hybridized carbons (Fsp3) is 0.464. The molecule has 5 rings (SSSR count). The van der Waals surface area contributed by atoms with Gasteiger partial charge in [-0.15, -0.1) is 11.3 Å². The summed E-state index contributed by atoms with van der Waals surface area (Å²) in [6, 6.07) is 18.0. The second kappa shape index (κ2) is 10.4. The van der Waals surface area contributed by atoms with Gasteiger partial charge in [-0.05, 0) is 55.4 Å². The van der Waals surface area contributed by atoms with Gasteiger partial charge in [0.25, 0.3) is 0 Å². The van der Waals surface area contributed by atoms with Gasteiger partial charge in [0.15, 0.2) is 4.80 Å². The highest BCUT2D eigenvalue weighted by atomic mass is 32.2. The van der Waals surface area contributed by atoms with Crippen LogP contribution >= 0.6 is 11.3 Å². The topological polar surface area (TPSA) is 54.7 Å². The quantitative estimate of drug-likeness (QED) is 0.388. The first-order chi connectivity index (χ1) is 16.9. The number of para-hydroxylation sites is 1. The molecule has 1 saturated carbocycles. The zero-order chi connectivity index (χ0) is 24.4. The molecule has 0 spiro atoms. The minimum absolute atomic E-state index is 0.379. The largest absolute Gasteiger partial charge is 0.313 e. The third-order valence-corrected chi connectivity index (χ3v) is 9.93. The molecule has 0 amide bonds. The van der Waals surface area contributed by atoms with Crippen LogP contribution in [0, 0.1) is 11.8 Å². The number of hydrogen-bond acceptors (Lipinski definition) is 4. The summed E-state index contributed by atoms with van der Waals surface area (Å²) in [6.07, 6.45) is 7.06.